The molecule has 0 fully saturated rings. The molecular weight excluding hydrogens is 250 g/mol. The molecule has 0 saturated carbocycles. The molecule has 1 aromatic carbocycles. The van der Waals surface area contributed by atoms with Crippen LogP contribution in [0.2, 0.25) is 0 Å². The van der Waals surface area contributed by atoms with E-state index < -0.39 is 5.97 Å². The predicted octanol–water partition coefficient (Wildman–Crippen LogP) is 0.792. The number of hydrogen-bond acceptors (Lipinski definition) is 5. The van der Waals surface area contributed by atoms with E-state index in [1.54, 1.807) is 25.1 Å². The number of aromatic hydroxyl groups is 1. The normalized spacial score (nSPS) is 9.79. The second-order valence-corrected chi connectivity index (χ2v) is 3.74. The van der Waals surface area contributed by atoms with E-state index in [2.05, 4.69) is 4.74 Å². The lowest BCUT2D eigenvalue weighted by Gasteiger charge is -2.19. The number of carbonyl (C=O) groups is 2. The molecule has 0 spiro atoms. The number of ether oxygens (including phenoxy) is 2. The lowest BCUT2D eigenvalue weighted by molar-refractivity contribution is -0.147. The largest absolute Gasteiger partial charge is 0.504 e. The van der Waals surface area contributed by atoms with Crippen LogP contribution >= 0.6 is 0 Å². The molecule has 1 rings (SSSR count). The molecule has 0 saturated heterocycles. The summed E-state index contributed by atoms with van der Waals surface area (Å²) in [7, 11) is 1.26. The molecule has 0 atom stereocenters. The van der Waals surface area contributed by atoms with Gasteiger partial charge in [-0.15, -0.1) is 0 Å². The Kier molecular flexibility index (Phi) is 5.66. The van der Waals surface area contributed by atoms with Crippen molar-refractivity contribution in [1.82, 2.24) is 4.90 Å². The first kappa shape index (κ1) is 14.8. The number of phenolic OH excluding ortho intramolecular Hbond substituents is 1. The maximum Gasteiger partial charge on any atom is 0.325 e. The summed E-state index contributed by atoms with van der Waals surface area (Å²) in [6.45, 7) is 1.76. The van der Waals surface area contributed by atoms with Gasteiger partial charge in [0.25, 0.3) is 5.91 Å². The Balaban J connectivity index is 2.54. The highest BCUT2D eigenvalue weighted by Crippen LogP contribution is 2.24. The average molecular weight is 267 g/mol. The van der Waals surface area contributed by atoms with Gasteiger partial charge in [-0.3, -0.25) is 9.59 Å². The third-order valence-electron chi connectivity index (χ3n) is 2.50. The average Bonchev–Trinajstić information content (AvgIpc) is 2.43. The van der Waals surface area contributed by atoms with Crippen LogP contribution in [-0.4, -0.2) is 48.7 Å². The number of nitrogens with zero attached hydrogens (tertiary/aromatic N) is 1. The summed E-state index contributed by atoms with van der Waals surface area (Å²) < 4.78 is 9.70. The second-order valence-electron chi connectivity index (χ2n) is 3.74. The van der Waals surface area contributed by atoms with Gasteiger partial charge >= 0.3 is 5.97 Å². The van der Waals surface area contributed by atoms with E-state index in [0.29, 0.717) is 6.54 Å². The number of carbonyl (C=O) groups excluding carboxylic acids is 2. The van der Waals surface area contributed by atoms with Crippen LogP contribution in [0.4, 0.5) is 0 Å². The molecule has 0 bridgehead atoms. The molecule has 0 radical (unpaired) electrons. The maximum absolute atomic E-state index is 11.8. The van der Waals surface area contributed by atoms with Crippen molar-refractivity contribution < 1.29 is 24.2 Å². The molecule has 6 nitrogen and oxygen atoms in total. The quantitative estimate of drug-likeness (QED) is 0.771. The summed E-state index contributed by atoms with van der Waals surface area (Å²) in [5, 5.41) is 9.48. The van der Waals surface area contributed by atoms with Gasteiger partial charge < -0.3 is 19.5 Å². The van der Waals surface area contributed by atoms with E-state index in [4.69, 9.17) is 4.74 Å². The first-order valence-corrected chi connectivity index (χ1v) is 5.83. The number of esters is 1. The van der Waals surface area contributed by atoms with Crippen LogP contribution in [0.15, 0.2) is 24.3 Å². The third kappa shape index (κ3) is 4.50. The molecule has 0 heterocycles. The predicted molar refractivity (Wildman–Crippen MR) is 67.9 cm³/mol. The number of phenols is 1. The lowest BCUT2D eigenvalue weighted by atomic mass is 10.3. The molecule has 6 heteroatoms. The Morgan fingerprint density at radius 3 is 2.58 bits per heavy atom. The first-order valence-electron chi connectivity index (χ1n) is 5.83. The van der Waals surface area contributed by atoms with Crippen LogP contribution in [-0.2, 0) is 14.3 Å². The van der Waals surface area contributed by atoms with Gasteiger partial charge in [-0.25, -0.2) is 0 Å². The monoisotopic (exact) mass is 267 g/mol. The maximum atomic E-state index is 11.8. The molecular formula is C13H17NO5. The zero-order chi connectivity index (χ0) is 14.3. The van der Waals surface area contributed by atoms with Crippen LogP contribution in [0.5, 0.6) is 11.5 Å². The Bertz CT molecular complexity index is 446. The molecule has 0 aromatic heterocycles. The number of hydrogen-bond donors (Lipinski definition) is 1. The molecule has 1 amide bonds. The van der Waals surface area contributed by atoms with Gasteiger partial charge in [-0.2, -0.15) is 0 Å². The van der Waals surface area contributed by atoms with Crippen LogP contribution in [0, 0.1) is 0 Å². The fraction of sp³-hybridized carbons (Fsp3) is 0.385. The standard InChI is InChI=1S/C13H17NO5/c1-3-14(8-13(17)18-2)12(16)9-19-11-7-5-4-6-10(11)15/h4-7,15H,3,8-9H2,1-2H3. The number of likely N-dealkylation sites (N-methyl/N-ethyl adjacent to an activating group) is 1. The van der Waals surface area contributed by atoms with E-state index in [-0.39, 0.29) is 30.6 Å². The van der Waals surface area contributed by atoms with E-state index in [9.17, 15) is 14.7 Å². The molecule has 19 heavy (non-hydrogen) atoms. The van der Waals surface area contributed by atoms with Crippen molar-refractivity contribution in [2.45, 2.75) is 6.92 Å². The van der Waals surface area contributed by atoms with Gasteiger partial charge in [-0.05, 0) is 19.1 Å². The van der Waals surface area contributed by atoms with E-state index in [1.807, 2.05) is 0 Å². The minimum atomic E-state index is -0.488. The first-order chi connectivity index (χ1) is 9.08. The Morgan fingerprint density at radius 1 is 1.32 bits per heavy atom. The Hall–Kier alpha value is -2.24. The third-order valence-corrected chi connectivity index (χ3v) is 2.50. The highest BCUT2D eigenvalue weighted by atomic mass is 16.5. The fourth-order valence-electron chi connectivity index (χ4n) is 1.41. The van der Waals surface area contributed by atoms with Crippen molar-refractivity contribution in [3.63, 3.8) is 0 Å². The lowest BCUT2D eigenvalue weighted by Crippen LogP contribution is -2.38. The number of rotatable bonds is 6. The summed E-state index contributed by atoms with van der Waals surface area (Å²) in [5.74, 6) is -0.648. The molecule has 0 unspecified atom stereocenters. The topological polar surface area (TPSA) is 76.1 Å². The summed E-state index contributed by atoms with van der Waals surface area (Å²) in [5.41, 5.74) is 0. The Labute approximate surface area is 111 Å². The van der Waals surface area contributed by atoms with Crippen molar-refractivity contribution in [2.24, 2.45) is 0 Å². The zero-order valence-electron chi connectivity index (χ0n) is 11.0. The van der Waals surface area contributed by atoms with Crippen molar-refractivity contribution in [3.05, 3.63) is 24.3 Å². The SMILES string of the molecule is CCN(CC(=O)OC)C(=O)COc1ccccc1O. The molecule has 104 valence electrons. The van der Waals surface area contributed by atoms with Crippen molar-refractivity contribution in [3.8, 4) is 11.5 Å². The van der Waals surface area contributed by atoms with E-state index >= 15 is 0 Å². The van der Waals surface area contributed by atoms with Crippen LogP contribution in [0.25, 0.3) is 0 Å². The fourth-order valence-corrected chi connectivity index (χ4v) is 1.41. The Morgan fingerprint density at radius 2 is 2.00 bits per heavy atom. The van der Waals surface area contributed by atoms with Gasteiger partial charge in [0.1, 0.15) is 6.54 Å². The van der Waals surface area contributed by atoms with Crippen LogP contribution in [0.1, 0.15) is 6.92 Å². The number of benzene rings is 1. The highest BCUT2D eigenvalue weighted by molar-refractivity contribution is 5.83. The minimum absolute atomic E-state index is 0.0358. The summed E-state index contributed by atoms with van der Waals surface area (Å²) in [6.07, 6.45) is 0. The van der Waals surface area contributed by atoms with Gasteiger partial charge in [0.15, 0.2) is 18.1 Å². The van der Waals surface area contributed by atoms with Crippen LogP contribution in [0.3, 0.4) is 0 Å². The number of amides is 1. The van der Waals surface area contributed by atoms with Gasteiger partial charge in [0.05, 0.1) is 7.11 Å². The zero-order valence-corrected chi connectivity index (χ0v) is 11.0. The van der Waals surface area contributed by atoms with Gasteiger partial charge in [0.2, 0.25) is 0 Å². The summed E-state index contributed by atoms with van der Waals surface area (Å²) in [6, 6.07) is 6.36. The van der Waals surface area contributed by atoms with E-state index in [1.165, 1.54) is 18.1 Å². The van der Waals surface area contributed by atoms with Crippen molar-refractivity contribution in [2.75, 3.05) is 26.8 Å². The molecule has 0 aliphatic rings. The second kappa shape index (κ2) is 7.25. The smallest absolute Gasteiger partial charge is 0.325 e. The molecule has 0 aliphatic carbocycles. The number of methoxy groups -OCH3 is 1. The molecule has 0 aliphatic heterocycles. The molecule has 1 N–H and O–H groups in total. The van der Waals surface area contributed by atoms with Crippen molar-refractivity contribution in [1.29, 1.82) is 0 Å². The van der Waals surface area contributed by atoms with Crippen molar-refractivity contribution >= 4 is 11.9 Å². The number of para-hydroxylation sites is 2. The van der Waals surface area contributed by atoms with E-state index in [0.717, 1.165) is 0 Å². The molecule has 1 aromatic rings. The van der Waals surface area contributed by atoms with Crippen LogP contribution < -0.4 is 4.74 Å². The highest BCUT2D eigenvalue weighted by Gasteiger charge is 2.16. The van der Waals surface area contributed by atoms with Gasteiger partial charge in [-0.1, -0.05) is 12.1 Å². The summed E-state index contributed by atoms with van der Waals surface area (Å²) in [4.78, 5) is 24.3. The summed E-state index contributed by atoms with van der Waals surface area (Å²) >= 11 is 0. The minimum Gasteiger partial charge on any atom is -0.504 e. The van der Waals surface area contributed by atoms with Gasteiger partial charge in [0, 0.05) is 6.54 Å².